The fourth-order valence-electron chi connectivity index (χ4n) is 6.27. The minimum Gasteiger partial charge on any atom is -0.313 e. The van der Waals surface area contributed by atoms with Crippen molar-refractivity contribution in [1.29, 1.82) is 5.26 Å². The molecular weight excluding hydrogens is 244 g/mol. The van der Waals surface area contributed by atoms with Crippen LogP contribution in [0.3, 0.4) is 0 Å². The summed E-state index contributed by atoms with van der Waals surface area (Å²) in [6.45, 7) is 2.90. The third-order valence-electron chi connectivity index (χ3n) is 6.95. The lowest BCUT2D eigenvalue weighted by molar-refractivity contribution is -0.0824. The highest BCUT2D eigenvalue weighted by molar-refractivity contribution is 5.03. The van der Waals surface area contributed by atoms with E-state index in [-0.39, 0.29) is 5.92 Å². The van der Waals surface area contributed by atoms with Gasteiger partial charge in [0.15, 0.2) is 0 Å². The molecule has 5 saturated carbocycles. The smallest absolute Gasteiger partial charge is 0.0666 e. The highest BCUT2D eigenvalue weighted by atomic mass is 14.9. The predicted octanol–water partition coefficient (Wildman–Crippen LogP) is 3.59. The molecule has 0 aromatic carbocycles. The Hall–Kier alpha value is -0.550. The molecule has 20 heavy (non-hydrogen) atoms. The molecule has 0 spiro atoms. The fraction of sp³-hybridized carbons (Fsp3) is 0.944. The third-order valence-corrected chi connectivity index (χ3v) is 6.95. The summed E-state index contributed by atoms with van der Waals surface area (Å²) >= 11 is 0. The van der Waals surface area contributed by atoms with Crippen molar-refractivity contribution in [1.82, 2.24) is 5.32 Å². The molecule has 1 unspecified atom stereocenters. The van der Waals surface area contributed by atoms with Gasteiger partial charge < -0.3 is 5.32 Å². The topological polar surface area (TPSA) is 35.8 Å². The zero-order chi connectivity index (χ0) is 13.7. The first-order chi connectivity index (χ1) is 9.72. The van der Waals surface area contributed by atoms with Crippen LogP contribution in [0.4, 0.5) is 0 Å². The molecule has 0 amide bonds. The van der Waals surface area contributed by atoms with Crippen LogP contribution in [-0.2, 0) is 0 Å². The quantitative estimate of drug-likeness (QED) is 0.849. The van der Waals surface area contributed by atoms with Gasteiger partial charge in [-0.05, 0) is 87.4 Å². The molecule has 110 valence electrons. The van der Waals surface area contributed by atoms with Gasteiger partial charge in [0, 0.05) is 12.6 Å². The number of rotatable bonds is 4. The Bertz CT molecular complexity index is 376. The van der Waals surface area contributed by atoms with E-state index in [1.807, 2.05) is 6.92 Å². The largest absolute Gasteiger partial charge is 0.313 e. The molecule has 1 atom stereocenters. The van der Waals surface area contributed by atoms with Crippen LogP contribution in [0.2, 0.25) is 0 Å². The monoisotopic (exact) mass is 272 g/mol. The lowest BCUT2D eigenvalue weighted by Gasteiger charge is -2.59. The standard InChI is InChI=1S/C18H28N2/c1-11(9-19)10-20-17-7-16(8-17)18-14-3-12-2-13(5-14)6-15(18)4-12/h11-18,20H,2-8,10H2,1H3. The van der Waals surface area contributed by atoms with Crippen molar-refractivity contribution in [2.75, 3.05) is 6.54 Å². The first-order valence-corrected chi connectivity index (χ1v) is 8.86. The van der Waals surface area contributed by atoms with Gasteiger partial charge in [-0.2, -0.15) is 5.26 Å². The van der Waals surface area contributed by atoms with Crippen molar-refractivity contribution >= 4 is 0 Å². The van der Waals surface area contributed by atoms with Crippen molar-refractivity contribution in [3.05, 3.63) is 0 Å². The van der Waals surface area contributed by atoms with Gasteiger partial charge in [-0.1, -0.05) is 0 Å². The van der Waals surface area contributed by atoms with Gasteiger partial charge in [0.25, 0.3) is 0 Å². The van der Waals surface area contributed by atoms with E-state index in [1.165, 1.54) is 12.8 Å². The van der Waals surface area contributed by atoms with Crippen LogP contribution in [0, 0.1) is 52.8 Å². The molecule has 0 aromatic heterocycles. The summed E-state index contributed by atoms with van der Waals surface area (Å²) in [7, 11) is 0. The van der Waals surface area contributed by atoms with Crippen LogP contribution in [0.15, 0.2) is 0 Å². The average Bonchev–Trinajstić information content (AvgIpc) is 2.38. The van der Waals surface area contributed by atoms with E-state index >= 15 is 0 Å². The number of nitriles is 1. The predicted molar refractivity (Wildman–Crippen MR) is 79.8 cm³/mol. The maximum Gasteiger partial charge on any atom is 0.0666 e. The zero-order valence-electron chi connectivity index (χ0n) is 12.7. The molecule has 0 heterocycles. The molecule has 2 nitrogen and oxygen atoms in total. The molecular formula is C18H28N2. The summed E-state index contributed by atoms with van der Waals surface area (Å²) < 4.78 is 0. The van der Waals surface area contributed by atoms with Crippen molar-refractivity contribution < 1.29 is 0 Å². The van der Waals surface area contributed by atoms with E-state index in [9.17, 15) is 0 Å². The van der Waals surface area contributed by atoms with Crippen LogP contribution >= 0.6 is 0 Å². The molecule has 5 aliphatic rings. The SMILES string of the molecule is CC(C#N)CNC1CC(C2C3CC4CC(C3)CC2C4)C1. The Morgan fingerprint density at radius 1 is 0.950 bits per heavy atom. The molecule has 0 aliphatic heterocycles. The van der Waals surface area contributed by atoms with Gasteiger partial charge in [-0.25, -0.2) is 0 Å². The molecule has 2 heteroatoms. The lowest BCUT2D eigenvalue weighted by atomic mass is 9.47. The first-order valence-electron chi connectivity index (χ1n) is 8.86. The Labute approximate surface area is 123 Å². The van der Waals surface area contributed by atoms with Gasteiger partial charge in [0.05, 0.1) is 12.0 Å². The van der Waals surface area contributed by atoms with Crippen molar-refractivity contribution in [2.24, 2.45) is 41.4 Å². The molecule has 0 saturated heterocycles. The molecule has 4 bridgehead atoms. The summed E-state index contributed by atoms with van der Waals surface area (Å²) in [5.74, 6) is 6.66. The maximum absolute atomic E-state index is 8.84. The minimum absolute atomic E-state index is 0.162. The van der Waals surface area contributed by atoms with Crippen LogP contribution < -0.4 is 5.32 Å². The Kier molecular flexibility index (Phi) is 3.30. The highest BCUT2D eigenvalue weighted by Crippen LogP contribution is 2.60. The Morgan fingerprint density at radius 2 is 1.50 bits per heavy atom. The van der Waals surface area contributed by atoms with Gasteiger partial charge in [0.2, 0.25) is 0 Å². The second kappa shape index (κ2) is 5.02. The van der Waals surface area contributed by atoms with Crippen molar-refractivity contribution in [2.45, 2.75) is 57.9 Å². The Morgan fingerprint density at radius 3 is 2.05 bits per heavy atom. The van der Waals surface area contributed by atoms with E-state index in [2.05, 4.69) is 11.4 Å². The zero-order valence-corrected chi connectivity index (χ0v) is 12.7. The lowest BCUT2D eigenvalue weighted by Crippen LogP contribution is -2.53. The normalized spacial score (nSPS) is 50.5. The van der Waals surface area contributed by atoms with E-state index < -0.39 is 0 Å². The number of nitrogens with zero attached hydrogens (tertiary/aromatic N) is 1. The second-order valence-electron chi connectivity index (χ2n) is 8.37. The summed E-state index contributed by atoms with van der Waals surface area (Å²) in [5.41, 5.74) is 0. The molecule has 0 aromatic rings. The second-order valence-corrected chi connectivity index (χ2v) is 8.37. The molecule has 1 N–H and O–H groups in total. The van der Waals surface area contributed by atoms with Gasteiger partial charge >= 0.3 is 0 Å². The molecule has 0 radical (unpaired) electrons. The fourth-order valence-corrected chi connectivity index (χ4v) is 6.27. The van der Waals surface area contributed by atoms with Crippen LogP contribution in [0.25, 0.3) is 0 Å². The van der Waals surface area contributed by atoms with Crippen LogP contribution in [0.1, 0.15) is 51.9 Å². The van der Waals surface area contributed by atoms with E-state index in [0.29, 0.717) is 6.04 Å². The van der Waals surface area contributed by atoms with Crippen molar-refractivity contribution in [3.63, 3.8) is 0 Å². The van der Waals surface area contributed by atoms with E-state index in [0.717, 1.165) is 42.1 Å². The van der Waals surface area contributed by atoms with E-state index in [1.54, 1.807) is 32.1 Å². The average molecular weight is 272 g/mol. The molecule has 5 rings (SSSR count). The first kappa shape index (κ1) is 13.1. The van der Waals surface area contributed by atoms with Crippen LogP contribution in [0.5, 0.6) is 0 Å². The van der Waals surface area contributed by atoms with Gasteiger partial charge in [0.1, 0.15) is 0 Å². The summed E-state index contributed by atoms with van der Waals surface area (Å²) in [6, 6.07) is 3.04. The third kappa shape index (κ3) is 2.19. The summed E-state index contributed by atoms with van der Waals surface area (Å²) in [5, 5.41) is 12.4. The van der Waals surface area contributed by atoms with Gasteiger partial charge in [-0.15, -0.1) is 0 Å². The minimum atomic E-state index is 0.162. The van der Waals surface area contributed by atoms with Gasteiger partial charge in [-0.3, -0.25) is 0 Å². The number of nitrogens with one attached hydrogen (secondary N) is 1. The number of hydrogen-bond donors (Lipinski definition) is 1. The Balaban J connectivity index is 1.30. The molecule has 5 fully saturated rings. The summed E-state index contributed by atoms with van der Waals surface area (Å²) in [4.78, 5) is 0. The van der Waals surface area contributed by atoms with Crippen LogP contribution in [-0.4, -0.2) is 12.6 Å². The highest BCUT2D eigenvalue weighted by Gasteiger charge is 2.52. The number of hydrogen-bond acceptors (Lipinski definition) is 2. The molecule has 5 aliphatic carbocycles. The van der Waals surface area contributed by atoms with Crippen molar-refractivity contribution in [3.8, 4) is 6.07 Å². The summed E-state index contributed by atoms with van der Waals surface area (Å²) in [6.07, 6.45) is 10.6. The van der Waals surface area contributed by atoms with E-state index in [4.69, 9.17) is 5.26 Å². The maximum atomic E-state index is 8.84.